The van der Waals surface area contributed by atoms with Gasteiger partial charge in [0.25, 0.3) is 0 Å². The molecule has 0 aliphatic rings. The molecular weight excluding hydrogens is 142 g/mol. The summed E-state index contributed by atoms with van der Waals surface area (Å²) >= 11 is 0. The van der Waals surface area contributed by atoms with Gasteiger partial charge in [0.05, 0.1) is 0 Å². The predicted molar refractivity (Wildman–Crippen MR) is 33.5 cm³/mol. The zero-order valence-corrected chi connectivity index (χ0v) is 6.43. The van der Waals surface area contributed by atoms with Crippen molar-refractivity contribution < 1.29 is 22.9 Å². The van der Waals surface area contributed by atoms with E-state index in [-0.39, 0.29) is 26.0 Å². The van der Waals surface area contributed by atoms with Crippen LogP contribution in [0, 0.1) is 13.1 Å². The van der Waals surface area contributed by atoms with Crippen molar-refractivity contribution in [2.75, 3.05) is 0 Å². The summed E-state index contributed by atoms with van der Waals surface area (Å²) in [5.41, 5.74) is 0. The quantitative estimate of drug-likeness (QED) is 0.474. The minimum Gasteiger partial charge on any atom is -0.463 e. The van der Waals surface area contributed by atoms with E-state index < -0.39 is 0 Å². The molecule has 2 heteroatoms. The van der Waals surface area contributed by atoms with Crippen LogP contribution >= 0.6 is 0 Å². The van der Waals surface area contributed by atoms with Crippen LogP contribution in [-0.2, 0) is 18.6 Å². The average molecular weight is 157 g/mol. The van der Waals surface area contributed by atoms with Gasteiger partial charge in [-0.2, -0.15) is 27.9 Å². The van der Waals surface area contributed by atoms with Crippen LogP contribution in [0.2, 0.25) is 0 Å². The molecule has 0 amide bonds. The van der Waals surface area contributed by atoms with E-state index in [9.17, 15) is 4.39 Å². The summed E-state index contributed by atoms with van der Waals surface area (Å²) in [5.74, 6) is 1.42. The van der Waals surface area contributed by atoms with Gasteiger partial charge in [0.2, 0.25) is 0 Å². The van der Waals surface area contributed by atoms with E-state index >= 15 is 0 Å². The Balaban J connectivity index is -0.0000000183. The maximum atomic E-state index is 9.25. The molecule has 0 aliphatic carbocycles. The molecule has 1 radical (unpaired) electrons. The summed E-state index contributed by atoms with van der Waals surface area (Å²) in [6.07, 6.45) is 0. The monoisotopic (exact) mass is 157 g/mol. The molecule has 0 bridgehead atoms. The summed E-state index contributed by atoms with van der Waals surface area (Å²) in [5, 5.41) is 0. The van der Waals surface area contributed by atoms with Crippen LogP contribution in [0.1, 0.15) is 28.2 Å². The van der Waals surface area contributed by atoms with E-state index in [1.807, 2.05) is 0 Å². The van der Waals surface area contributed by atoms with E-state index in [2.05, 4.69) is 20.8 Å². The largest absolute Gasteiger partial charge is 2.00 e. The molecule has 0 aliphatic heterocycles. The minimum atomic E-state index is 0. The average Bonchev–Trinajstić information content (AvgIpc) is 1.41. The smallest absolute Gasteiger partial charge is 0.463 e. The molecule has 0 aromatic heterocycles. The van der Waals surface area contributed by atoms with Crippen LogP contribution in [0.15, 0.2) is 0 Å². The number of rotatable bonds is 0. The van der Waals surface area contributed by atoms with Crippen molar-refractivity contribution in [2.24, 2.45) is 0 Å². The number of hydrogen-bond acceptors (Lipinski definition) is 0. The van der Waals surface area contributed by atoms with Gasteiger partial charge in [0.1, 0.15) is 0 Å². The van der Waals surface area contributed by atoms with Crippen molar-refractivity contribution >= 4 is 0 Å². The molecule has 0 heterocycles. The van der Waals surface area contributed by atoms with Gasteiger partial charge in [-0.15, -0.1) is 0 Å². The summed E-state index contributed by atoms with van der Waals surface area (Å²) in [4.78, 5) is 0. The topological polar surface area (TPSA) is 0 Å². The molecule has 0 saturated heterocycles. The molecule has 0 rings (SSSR count). The Hall–Kier alpha value is 0.514. The molecule has 0 unspecified atom stereocenters. The van der Waals surface area contributed by atoms with E-state index in [1.54, 1.807) is 7.18 Å². The Kier molecular flexibility index (Phi) is 76.1. The molecule has 0 atom stereocenters. The third-order valence-corrected chi connectivity index (χ3v) is 0. The maximum absolute atomic E-state index is 9.25. The Morgan fingerprint density at radius 1 is 1.12 bits per heavy atom. The Labute approximate surface area is 64.7 Å². The van der Waals surface area contributed by atoms with Gasteiger partial charge in [-0.25, -0.2) is 0 Å². The van der Waals surface area contributed by atoms with Gasteiger partial charge in [-0.05, 0) is 0 Å². The molecule has 51 valence electrons. The SMILES string of the molecule is C.C[C-](C)C.[CH2-]F.[V+2]. The second-order valence-corrected chi connectivity index (χ2v) is 1.50. The zero-order chi connectivity index (χ0) is 5.58. The molecule has 0 aromatic rings. The number of hydrogen-bond donors (Lipinski definition) is 0. The van der Waals surface area contributed by atoms with E-state index in [0.29, 0.717) is 0 Å². The summed E-state index contributed by atoms with van der Waals surface area (Å²) in [6, 6.07) is 0. The second-order valence-electron chi connectivity index (χ2n) is 1.50. The van der Waals surface area contributed by atoms with Crippen LogP contribution in [0.4, 0.5) is 4.39 Å². The van der Waals surface area contributed by atoms with Gasteiger partial charge in [-0.1, -0.05) is 7.43 Å². The number of halogens is 1. The summed E-state index contributed by atoms with van der Waals surface area (Å²) in [7, 11) is 1.75. The molecular formula is C6H15FV. The van der Waals surface area contributed by atoms with Crippen molar-refractivity contribution in [3.8, 4) is 0 Å². The minimum absolute atomic E-state index is 0. The van der Waals surface area contributed by atoms with Gasteiger partial charge in [0, 0.05) is 0 Å². The predicted octanol–water partition coefficient (Wildman–Crippen LogP) is 3.00. The first-order valence-electron chi connectivity index (χ1n) is 1.77. The van der Waals surface area contributed by atoms with E-state index in [4.69, 9.17) is 0 Å². The van der Waals surface area contributed by atoms with Crippen LogP contribution < -0.4 is 0 Å². The van der Waals surface area contributed by atoms with Crippen molar-refractivity contribution in [2.45, 2.75) is 28.2 Å². The Morgan fingerprint density at radius 3 is 1.12 bits per heavy atom. The normalized spacial score (nSPS) is 5.25. The fraction of sp³-hybridized carbons (Fsp3) is 0.667. The summed E-state index contributed by atoms with van der Waals surface area (Å²) in [6.45, 7) is 6.25. The van der Waals surface area contributed by atoms with Gasteiger partial charge in [0.15, 0.2) is 0 Å². The Bertz CT molecular complexity index is 13.2. The van der Waals surface area contributed by atoms with E-state index in [1.165, 1.54) is 5.92 Å². The van der Waals surface area contributed by atoms with Gasteiger partial charge >= 0.3 is 18.6 Å². The first-order chi connectivity index (χ1) is 2.73. The fourth-order valence-corrected chi connectivity index (χ4v) is 0. The zero-order valence-electron chi connectivity index (χ0n) is 5.03. The van der Waals surface area contributed by atoms with E-state index in [0.717, 1.165) is 0 Å². The van der Waals surface area contributed by atoms with Crippen molar-refractivity contribution in [3.63, 3.8) is 0 Å². The van der Waals surface area contributed by atoms with Crippen LogP contribution in [0.5, 0.6) is 0 Å². The standard InChI is InChI=1S/C4H9.CH2F.CH4.V/c1-4(2)3;1-2;;/h1-3H3;1H2;1H4;/q2*-1;;+2. The molecule has 0 saturated carbocycles. The second kappa shape index (κ2) is 25.8. The van der Waals surface area contributed by atoms with Crippen LogP contribution in [0.25, 0.3) is 0 Å². The molecule has 0 aromatic carbocycles. The molecule has 0 N–H and O–H groups in total. The molecule has 0 nitrogen and oxygen atoms in total. The molecule has 0 fully saturated rings. The van der Waals surface area contributed by atoms with Crippen LogP contribution in [-0.4, -0.2) is 0 Å². The van der Waals surface area contributed by atoms with Gasteiger partial charge < -0.3 is 10.3 Å². The fourth-order valence-electron chi connectivity index (χ4n) is 0. The van der Waals surface area contributed by atoms with Gasteiger partial charge in [-0.3, -0.25) is 0 Å². The van der Waals surface area contributed by atoms with Crippen molar-refractivity contribution in [1.82, 2.24) is 0 Å². The van der Waals surface area contributed by atoms with Crippen LogP contribution in [0.3, 0.4) is 0 Å². The molecule has 8 heavy (non-hydrogen) atoms. The van der Waals surface area contributed by atoms with Crippen molar-refractivity contribution in [3.05, 3.63) is 13.1 Å². The molecule has 0 spiro atoms. The first-order valence-corrected chi connectivity index (χ1v) is 1.77. The Morgan fingerprint density at radius 2 is 1.12 bits per heavy atom. The maximum Gasteiger partial charge on any atom is 2.00 e. The summed E-state index contributed by atoms with van der Waals surface area (Å²) < 4.78 is 9.25. The first kappa shape index (κ1) is 23.6. The third kappa shape index (κ3) is 749. The van der Waals surface area contributed by atoms with Crippen molar-refractivity contribution in [1.29, 1.82) is 0 Å². The third-order valence-electron chi connectivity index (χ3n) is 0.